The second-order valence-electron chi connectivity index (χ2n) is 7.11. The van der Waals surface area contributed by atoms with Gasteiger partial charge in [-0.3, -0.25) is 0 Å². The second kappa shape index (κ2) is 8.11. The smallest absolute Gasteiger partial charge is 0.410 e. The maximum Gasteiger partial charge on any atom is 0.410 e. The van der Waals surface area contributed by atoms with Gasteiger partial charge < -0.3 is 14.4 Å². The number of carbonyl (C=O) groups excluding carboxylic acids is 1. The summed E-state index contributed by atoms with van der Waals surface area (Å²) < 4.78 is 11.3. The Balaban J connectivity index is 1.72. The molecule has 0 radical (unpaired) electrons. The van der Waals surface area contributed by atoms with Crippen LogP contribution in [0.3, 0.4) is 0 Å². The fourth-order valence-corrected chi connectivity index (χ4v) is 3.35. The molecule has 0 aromatic carbocycles. The number of nitrogens with zero attached hydrogens (tertiary/aromatic N) is 2. The van der Waals surface area contributed by atoms with Crippen LogP contribution in [-0.4, -0.2) is 41.3 Å². The van der Waals surface area contributed by atoms with Gasteiger partial charge in [0.1, 0.15) is 16.7 Å². The van der Waals surface area contributed by atoms with Crippen LogP contribution >= 0.6 is 11.3 Å². The molecule has 2 heterocycles. The van der Waals surface area contributed by atoms with Crippen LogP contribution in [0.1, 0.15) is 58.1 Å². The lowest BCUT2D eigenvalue weighted by atomic mass is 9.95. The minimum Gasteiger partial charge on any atom is -0.444 e. The van der Waals surface area contributed by atoms with Gasteiger partial charge in [0.05, 0.1) is 0 Å². The van der Waals surface area contributed by atoms with Gasteiger partial charge in [-0.05, 0) is 52.9 Å². The summed E-state index contributed by atoms with van der Waals surface area (Å²) in [5.74, 6) is 0.486. The first-order valence-corrected chi connectivity index (χ1v) is 9.22. The Hall–Kier alpha value is -1.14. The molecule has 1 aliphatic rings. The topological polar surface area (TPSA) is 51.7 Å². The predicted octanol–water partition coefficient (Wildman–Crippen LogP) is 4.26. The third-order valence-electron chi connectivity index (χ3n) is 3.86. The van der Waals surface area contributed by atoms with Gasteiger partial charge in [-0.15, -0.1) is 11.3 Å². The minimum absolute atomic E-state index is 0.0422. The van der Waals surface area contributed by atoms with E-state index in [1.54, 1.807) is 17.5 Å². The van der Waals surface area contributed by atoms with E-state index in [1.807, 2.05) is 38.0 Å². The highest BCUT2D eigenvalue weighted by molar-refractivity contribution is 7.09. The number of aromatic nitrogens is 1. The average molecular weight is 340 g/mol. The summed E-state index contributed by atoms with van der Waals surface area (Å²) in [7, 11) is 0. The van der Waals surface area contributed by atoms with Crippen molar-refractivity contribution >= 4 is 17.4 Å². The molecule has 1 amide bonds. The Morgan fingerprint density at radius 3 is 2.96 bits per heavy atom. The van der Waals surface area contributed by atoms with E-state index in [4.69, 9.17) is 9.47 Å². The lowest BCUT2D eigenvalue weighted by Crippen LogP contribution is -2.43. The first-order valence-electron chi connectivity index (χ1n) is 8.34. The molecule has 5 nitrogen and oxygen atoms in total. The number of amides is 1. The molecule has 1 fully saturated rings. The van der Waals surface area contributed by atoms with E-state index in [0.29, 0.717) is 12.5 Å². The maximum absolute atomic E-state index is 12.2. The van der Waals surface area contributed by atoms with Crippen molar-refractivity contribution in [3.8, 4) is 0 Å². The SMILES string of the molecule is C[C@H](OCC[C@@H]1CCCN(C(=O)OC(C)(C)C)C1)c1nccs1. The summed E-state index contributed by atoms with van der Waals surface area (Å²) in [4.78, 5) is 18.3. The second-order valence-corrected chi connectivity index (χ2v) is 8.03. The Bertz CT molecular complexity index is 485. The normalized spacial score (nSPS) is 20.3. The van der Waals surface area contributed by atoms with E-state index in [2.05, 4.69) is 4.98 Å². The molecule has 0 spiro atoms. The summed E-state index contributed by atoms with van der Waals surface area (Å²) in [5, 5.41) is 2.98. The largest absolute Gasteiger partial charge is 0.444 e. The number of carbonyl (C=O) groups is 1. The zero-order chi connectivity index (χ0) is 16.9. The van der Waals surface area contributed by atoms with E-state index < -0.39 is 5.60 Å². The Morgan fingerprint density at radius 2 is 2.30 bits per heavy atom. The third kappa shape index (κ3) is 6.11. The summed E-state index contributed by atoms with van der Waals surface area (Å²) in [6.07, 6.45) is 4.80. The molecule has 0 saturated carbocycles. The van der Waals surface area contributed by atoms with Crippen molar-refractivity contribution in [1.29, 1.82) is 0 Å². The van der Waals surface area contributed by atoms with Crippen molar-refractivity contribution in [1.82, 2.24) is 9.88 Å². The molecular formula is C17H28N2O3S. The van der Waals surface area contributed by atoms with Crippen molar-refractivity contribution in [2.24, 2.45) is 5.92 Å². The number of ether oxygens (including phenoxy) is 2. The third-order valence-corrected chi connectivity index (χ3v) is 4.80. The Kier molecular flexibility index (Phi) is 6.41. The molecule has 1 aliphatic heterocycles. The van der Waals surface area contributed by atoms with Crippen LogP contribution in [-0.2, 0) is 9.47 Å². The van der Waals surface area contributed by atoms with E-state index >= 15 is 0 Å². The van der Waals surface area contributed by atoms with E-state index in [0.717, 1.165) is 37.4 Å². The Labute approximate surface area is 143 Å². The number of hydrogen-bond acceptors (Lipinski definition) is 5. The van der Waals surface area contributed by atoms with Crippen molar-refractivity contribution in [3.63, 3.8) is 0 Å². The molecule has 6 heteroatoms. The molecule has 1 aromatic heterocycles. The quantitative estimate of drug-likeness (QED) is 0.804. The van der Waals surface area contributed by atoms with Gasteiger partial charge in [0.2, 0.25) is 0 Å². The highest BCUT2D eigenvalue weighted by Gasteiger charge is 2.27. The molecule has 1 saturated heterocycles. The number of rotatable bonds is 5. The van der Waals surface area contributed by atoms with Crippen molar-refractivity contribution in [2.75, 3.05) is 19.7 Å². The van der Waals surface area contributed by atoms with Crippen molar-refractivity contribution in [2.45, 2.75) is 58.7 Å². The maximum atomic E-state index is 12.2. The zero-order valence-electron chi connectivity index (χ0n) is 14.6. The molecule has 23 heavy (non-hydrogen) atoms. The van der Waals surface area contributed by atoms with Gasteiger partial charge in [0, 0.05) is 31.3 Å². The summed E-state index contributed by atoms with van der Waals surface area (Å²) >= 11 is 1.62. The van der Waals surface area contributed by atoms with Crippen LogP contribution in [0.4, 0.5) is 4.79 Å². The van der Waals surface area contributed by atoms with E-state index in [9.17, 15) is 4.79 Å². The summed E-state index contributed by atoms with van der Waals surface area (Å²) in [6, 6.07) is 0. The van der Waals surface area contributed by atoms with Crippen molar-refractivity contribution in [3.05, 3.63) is 16.6 Å². The van der Waals surface area contributed by atoms with Gasteiger partial charge >= 0.3 is 6.09 Å². The molecular weight excluding hydrogens is 312 g/mol. The van der Waals surface area contributed by atoms with Crippen LogP contribution < -0.4 is 0 Å². The van der Waals surface area contributed by atoms with Crippen LogP contribution in [0.2, 0.25) is 0 Å². The van der Waals surface area contributed by atoms with E-state index in [-0.39, 0.29) is 12.2 Å². The molecule has 130 valence electrons. The van der Waals surface area contributed by atoms with Gasteiger partial charge in [-0.1, -0.05) is 0 Å². The van der Waals surface area contributed by atoms with Gasteiger partial charge in [-0.2, -0.15) is 0 Å². The van der Waals surface area contributed by atoms with Gasteiger partial charge in [-0.25, -0.2) is 9.78 Å². The lowest BCUT2D eigenvalue weighted by Gasteiger charge is -2.34. The molecule has 1 aromatic rings. The van der Waals surface area contributed by atoms with Crippen LogP contribution in [0.5, 0.6) is 0 Å². The number of thiazole rings is 1. The number of likely N-dealkylation sites (tertiary alicyclic amines) is 1. The molecule has 2 rings (SSSR count). The van der Waals surface area contributed by atoms with E-state index in [1.165, 1.54) is 0 Å². The lowest BCUT2D eigenvalue weighted by molar-refractivity contribution is 0.0106. The standard InChI is InChI=1S/C17H28N2O3S/c1-13(15-18-8-11-23-15)21-10-7-14-6-5-9-19(12-14)16(20)22-17(2,3)4/h8,11,13-14H,5-7,9-10,12H2,1-4H3/t13-,14-/m0/s1. The van der Waals surface area contributed by atoms with Crippen LogP contribution in [0.15, 0.2) is 11.6 Å². The van der Waals surface area contributed by atoms with Gasteiger partial charge in [0.25, 0.3) is 0 Å². The number of piperidine rings is 1. The van der Waals surface area contributed by atoms with Crippen molar-refractivity contribution < 1.29 is 14.3 Å². The molecule has 0 aliphatic carbocycles. The summed E-state index contributed by atoms with van der Waals surface area (Å²) in [5.41, 5.74) is -0.434. The highest BCUT2D eigenvalue weighted by Crippen LogP contribution is 2.24. The van der Waals surface area contributed by atoms with Gasteiger partial charge in [0.15, 0.2) is 0 Å². The molecule has 0 N–H and O–H groups in total. The average Bonchev–Trinajstić information content (AvgIpc) is 3.00. The predicted molar refractivity (Wildman–Crippen MR) is 91.6 cm³/mol. The minimum atomic E-state index is -0.434. The molecule has 0 bridgehead atoms. The molecule has 0 unspecified atom stereocenters. The van der Waals surface area contributed by atoms with Crippen LogP contribution in [0.25, 0.3) is 0 Å². The first-order chi connectivity index (χ1) is 10.8. The number of hydrogen-bond donors (Lipinski definition) is 0. The molecule has 2 atom stereocenters. The highest BCUT2D eigenvalue weighted by atomic mass is 32.1. The van der Waals surface area contributed by atoms with Crippen LogP contribution in [0, 0.1) is 5.92 Å². The zero-order valence-corrected chi connectivity index (χ0v) is 15.4. The monoisotopic (exact) mass is 340 g/mol. The Morgan fingerprint density at radius 1 is 1.52 bits per heavy atom. The fourth-order valence-electron chi connectivity index (χ4n) is 2.71. The fraction of sp³-hybridized carbons (Fsp3) is 0.765. The summed E-state index contributed by atoms with van der Waals surface area (Å²) in [6.45, 7) is 10.0. The first kappa shape index (κ1) is 18.2.